The summed E-state index contributed by atoms with van der Waals surface area (Å²) in [6.07, 6.45) is -5.91. The molecule has 0 radical (unpaired) electrons. The van der Waals surface area contributed by atoms with Crippen LogP contribution in [0.1, 0.15) is 12.5 Å². The van der Waals surface area contributed by atoms with Crippen LogP contribution in [0.5, 0.6) is 5.75 Å². The van der Waals surface area contributed by atoms with Crippen LogP contribution in [0.15, 0.2) is 36.4 Å². The van der Waals surface area contributed by atoms with Gasteiger partial charge in [0.15, 0.2) is 17.7 Å². The van der Waals surface area contributed by atoms with Crippen molar-refractivity contribution in [1.29, 1.82) is 0 Å². The molecule has 3 rings (SSSR count). The lowest BCUT2D eigenvalue weighted by molar-refractivity contribution is -0.137. The summed E-state index contributed by atoms with van der Waals surface area (Å²) >= 11 is 0. The Hall–Kier alpha value is -3.17. The van der Waals surface area contributed by atoms with Crippen molar-refractivity contribution in [2.24, 2.45) is 0 Å². The summed E-state index contributed by atoms with van der Waals surface area (Å²) in [5.74, 6) is -3.70. The Morgan fingerprint density at radius 2 is 1.89 bits per heavy atom. The molecule has 1 aliphatic heterocycles. The number of rotatable bonds is 3. The van der Waals surface area contributed by atoms with Crippen LogP contribution in [0.2, 0.25) is 0 Å². The highest BCUT2D eigenvalue weighted by Crippen LogP contribution is 2.37. The second-order valence-electron chi connectivity index (χ2n) is 6.04. The van der Waals surface area contributed by atoms with Gasteiger partial charge in [0, 0.05) is 6.07 Å². The molecule has 2 aromatic rings. The molecule has 1 aliphatic rings. The number of hydrogen-bond acceptors (Lipinski definition) is 3. The summed E-state index contributed by atoms with van der Waals surface area (Å²) in [6.45, 7) is 0.832. The summed E-state index contributed by atoms with van der Waals surface area (Å²) in [6, 6.07) is 5.08. The maximum Gasteiger partial charge on any atom is 0.416 e. The summed E-state index contributed by atoms with van der Waals surface area (Å²) in [5, 5.41) is 2.29. The van der Waals surface area contributed by atoms with Crippen molar-refractivity contribution in [2.45, 2.75) is 19.2 Å². The quantitative estimate of drug-likeness (QED) is 0.799. The largest absolute Gasteiger partial charge is 0.478 e. The summed E-state index contributed by atoms with van der Waals surface area (Å²) in [7, 11) is 0. The number of halogens is 5. The summed E-state index contributed by atoms with van der Waals surface area (Å²) in [4.78, 5) is 25.5. The molecule has 28 heavy (non-hydrogen) atoms. The number of nitrogens with zero attached hydrogens (tertiary/aromatic N) is 1. The van der Waals surface area contributed by atoms with E-state index in [1.54, 1.807) is 0 Å². The Bertz CT molecular complexity index is 945. The molecule has 1 unspecified atom stereocenters. The van der Waals surface area contributed by atoms with Crippen molar-refractivity contribution in [2.75, 3.05) is 16.8 Å². The molecule has 0 fully saturated rings. The van der Waals surface area contributed by atoms with E-state index in [0.29, 0.717) is 6.07 Å². The molecular weight excluding hydrogens is 387 g/mol. The van der Waals surface area contributed by atoms with Crippen LogP contribution >= 0.6 is 0 Å². The highest BCUT2D eigenvalue weighted by atomic mass is 19.4. The van der Waals surface area contributed by atoms with E-state index < -0.39 is 47.8 Å². The molecule has 0 saturated carbocycles. The Morgan fingerprint density at radius 3 is 2.54 bits per heavy atom. The second-order valence-corrected chi connectivity index (χ2v) is 6.04. The van der Waals surface area contributed by atoms with Crippen LogP contribution in [0, 0.1) is 11.6 Å². The molecule has 0 aliphatic carbocycles. The predicted octanol–water partition coefficient (Wildman–Crippen LogP) is 3.74. The smallest absolute Gasteiger partial charge is 0.416 e. The van der Waals surface area contributed by atoms with Gasteiger partial charge in [-0.05, 0) is 37.3 Å². The van der Waals surface area contributed by atoms with Crippen LogP contribution < -0.4 is 15.0 Å². The van der Waals surface area contributed by atoms with Gasteiger partial charge in [0.1, 0.15) is 12.4 Å². The Morgan fingerprint density at radius 1 is 1.18 bits per heavy atom. The molecule has 1 N–H and O–H groups in total. The zero-order valence-electron chi connectivity index (χ0n) is 14.3. The molecule has 0 spiro atoms. The number of nitrogens with one attached hydrogen (secondary N) is 1. The third-order valence-corrected chi connectivity index (χ3v) is 4.00. The van der Waals surface area contributed by atoms with Crippen LogP contribution in [0.4, 0.5) is 33.3 Å². The van der Waals surface area contributed by atoms with Gasteiger partial charge in [0.25, 0.3) is 5.91 Å². The van der Waals surface area contributed by atoms with Gasteiger partial charge in [-0.3, -0.25) is 14.5 Å². The molecule has 0 bridgehead atoms. The van der Waals surface area contributed by atoms with Crippen LogP contribution in [0.3, 0.4) is 0 Å². The van der Waals surface area contributed by atoms with Gasteiger partial charge in [-0.2, -0.15) is 13.2 Å². The van der Waals surface area contributed by atoms with Gasteiger partial charge in [-0.25, -0.2) is 8.78 Å². The molecule has 0 saturated heterocycles. The van der Waals surface area contributed by atoms with Gasteiger partial charge >= 0.3 is 6.18 Å². The number of carbonyl (C=O) groups excluding carboxylic acids is 2. The van der Waals surface area contributed by atoms with E-state index in [0.717, 1.165) is 35.2 Å². The minimum Gasteiger partial charge on any atom is -0.478 e. The lowest BCUT2D eigenvalue weighted by atomic mass is 10.1. The average Bonchev–Trinajstić information content (AvgIpc) is 2.61. The third-order valence-electron chi connectivity index (χ3n) is 4.00. The molecule has 148 valence electrons. The zero-order chi connectivity index (χ0) is 20.6. The first-order chi connectivity index (χ1) is 13.1. The monoisotopic (exact) mass is 400 g/mol. The highest BCUT2D eigenvalue weighted by Gasteiger charge is 2.35. The van der Waals surface area contributed by atoms with E-state index in [9.17, 15) is 31.5 Å². The summed E-state index contributed by atoms with van der Waals surface area (Å²) in [5.41, 5.74) is -1.12. The predicted molar refractivity (Wildman–Crippen MR) is 88.9 cm³/mol. The first-order valence-electron chi connectivity index (χ1n) is 8.00. The zero-order valence-corrected chi connectivity index (χ0v) is 14.3. The summed E-state index contributed by atoms with van der Waals surface area (Å²) < 4.78 is 70.5. The minimum absolute atomic E-state index is 0.0487. The highest BCUT2D eigenvalue weighted by molar-refractivity contribution is 6.11. The van der Waals surface area contributed by atoms with Crippen molar-refractivity contribution in [3.05, 3.63) is 53.6 Å². The van der Waals surface area contributed by atoms with Crippen molar-refractivity contribution in [3.8, 4) is 5.75 Å². The standard InChI is InChI=1S/C18H13F5N2O3/c1-9(28-15-5-3-11(19)7-12(15)20)17(27)25-8-16(26)24-13-6-10(18(21,22)23)2-4-14(13)25/h2-7,9H,8H2,1H3,(H,24,26). The van der Waals surface area contributed by atoms with Crippen molar-refractivity contribution < 1.29 is 36.3 Å². The molecular formula is C18H13F5N2O3. The number of hydrogen-bond donors (Lipinski definition) is 1. The number of benzene rings is 2. The van der Waals surface area contributed by atoms with E-state index in [1.807, 2.05) is 0 Å². The Kier molecular flexibility index (Phi) is 4.97. The van der Waals surface area contributed by atoms with Crippen molar-refractivity contribution >= 4 is 23.2 Å². The van der Waals surface area contributed by atoms with E-state index in [4.69, 9.17) is 4.74 Å². The molecule has 0 aromatic heterocycles. The Labute approximate surface area is 155 Å². The Balaban J connectivity index is 1.87. The molecule has 1 heterocycles. The first-order valence-corrected chi connectivity index (χ1v) is 8.00. The molecule has 5 nitrogen and oxygen atoms in total. The van der Waals surface area contributed by atoms with Crippen molar-refractivity contribution in [1.82, 2.24) is 0 Å². The maximum absolute atomic E-state index is 13.7. The van der Waals surface area contributed by atoms with Crippen LogP contribution in [0.25, 0.3) is 0 Å². The molecule has 2 aromatic carbocycles. The second kappa shape index (κ2) is 7.10. The van der Waals surface area contributed by atoms with E-state index in [1.165, 1.54) is 6.92 Å². The van der Waals surface area contributed by atoms with Crippen LogP contribution in [-0.2, 0) is 15.8 Å². The third kappa shape index (κ3) is 3.90. The van der Waals surface area contributed by atoms with Gasteiger partial charge in [0.2, 0.25) is 5.91 Å². The first kappa shape index (κ1) is 19.6. The average molecular weight is 400 g/mol. The number of ether oxygens (including phenoxy) is 1. The fraction of sp³-hybridized carbons (Fsp3) is 0.222. The lowest BCUT2D eigenvalue weighted by Gasteiger charge is -2.31. The number of anilines is 2. The van der Waals surface area contributed by atoms with Gasteiger partial charge in [-0.15, -0.1) is 0 Å². The fourth-order valence-electron chi connectivity index (χ4n) is 2.69. The number of amides is 2. The van der Waals surface area contributed by atoms with Gasteiger partial charge < -0.3 is 10.1 Å². The van der Waals surface area contributed by atoms with E-state index in [-0.39, 0.29) is 17.1 Å². The number of alkyl halides is 3. The van der Waals surface area contributed by atoms with Gasteiger partial charge in [-0.1, -0.05) is 0 Å². The van der Waals surface area contributed by atoms with E-state index in [2.05, 4.69) is 5.32 Å². The van der Waals surface area contributed by atoms with Crippen molar-refractivity contribution in [3.63, 3.8) is 0 Å². The van der Waals surface area contributed by atoms with Gasteiger partial charge in [0.05, 0.1) is 16.9 Å². The topological polar surface area (TPSA) is 58.6 Å². The molecule has 10 heteroatoms. The lowest BCUT2D eigenvalue weighted by Crippen LogP contribution is -2.47. The fourth-order valence-corrected chi connectivity index (χ4v) is 2.69. The van der Waals surface area contributed by atoms with Crippen LogP contribution in [-0.4, -0.2) is 24.5 Å². The SMILES string of the molecule is CC(Oc1ccc(F)cc1F)C(=O)N1CC(=O)Nc2cc(C(F)(F)F)ccc21. The maximum atomic E-state index is 13.7. The molecule has 1 atom stereocenters. The minimum atomic E-state index is -4.62. The number of fused-ring (bicyclic) bond motifs is 1. The normalized spacial score (nSPS) is 14.9. The van der Waals surface area contributed by atoms with E-state index >= 15 is 0 Å². The number of carbonyl (C=O) groups is 2. The molecule has 2 amide bonds.